The fraction of sp³-hybridized carbons (Fsp3) is 0.500. The molecule has 128 valence electrons. The number of benzene rings is 1. The number of amides is 2. The first-order valence-corrected chi connectivity index (χ1v) is 8.66. The van der Waals surface area contributed by atoms with Gasteiger partial charge in [-0.2, -0.15) is 0 Å². The number of terminal acetylenes is 1. The molecule has 4 nitrogen and oxygen atoms in total. The molecule has 1 saturated carbocycles. The third-order valence-corrected chi connectivity index (χ3v) is 4.89. The molecule has 0 radical (unpaired) electrons. The van der Waals surface area contributed by atoms with Gasteiger partial charge in [0.2, 0.25) is 5.91 Å². The van der Waals surface area contributed by atoms with Crippen LogP contribution in [0.15, 0.2) is 30.3 Å². The highest BCUT2D eigenvalue weighted by Crippen LogP contribution is 2.36. The molecule has 0 unspecified atom stereocenters. The SMILES string of the molecule is C#CC(=O)N(CC(=O)NC)C[C@@H](c1ccccc1)C1CCCCC1. The van der Waals surface area contributed by atoms with Gasteiger partial charge in [-0.15, -0.1) is 6.42 Å². The first-order valence-electron chi connectivity index (χ1n) is 8.66. The normalized spacial score (nSPS) is 16.0. The number of nitrogens with zero attached hydrogens (tertiary/aromatic N) is 1. The highest BCUT2D eigenvalue weighted by Gasteiger charge is 2.28. The van der Waals surface area contributed by atoms with E-state index in [-0.39, 0.29) is 18.4 Å². The Morgan fingerprint density at radius 1 is 1.25 bits per heavy atom. The summed E-state index contributed by atoms with van der Waals surface area (Å²) in [5, 5.41) is 2.57. The quantitative estimate of drug-likeness (QED) is 0.817. The fourth-order valence-electron chi connectivity index (χ4n) is 3.56. The zero-order valence-corrected chi connectivity index (χ0v) is 14.3. The Hall–Kier alpha value is -2.28. The first kappa shape index (κ1) is 18.1. The molecule has 1 aliphatic carbocycles. The van der Waals surface area contributed by atoms with Gasteiger partial charge in [0.25, 0.3) is 5.91 Å². The van der Waals surface area contributed by atoms with Crippen molar-refractivity contribution in [3.8, 4) is 12.3 Å². The van der Waals surface area contributed by atoms with E-state index in [4.69, 9.17) is 6.42 Å². The smallest absolute Gasteiger partial charge is 0.298 e. The standard InChI is InChI=1S/C20H26N2O2/c1-3-20(24)22(15-19(23)21-2)14-18(16-10-6-4-7-11-16)17-12-8-5-9-13-17/h1,4,6-7,10-11,17-18H,5,8-9,12-15H2,2H3,(H,21,23)/t18-/m0/s1. The van der Waals surface area contributed by atoms with Crippen molar-refractivity contribution >= 4 is 11.8 Å². The van der Waals surface area contributed by atoms with Gasteiger partial charge in [-0.05, 0) is 30.2 Å². The van der Waals surface area contributed by atoms with Crippen LogP contribution in [-0.2, 0) is 9.59 Å². The van der Waals surface area contributed by atoms with Gasteiger partial charge in [-0.3, -0.25) is 9.59 Å². The summed E-state index contributed by atoms with van der Waals surface area (Å²) in [6.45, 7) is 0.501. The van der Waals surface area contributed by atoms with E-state index in [1.807, 2.05) is 18.2 Å². The summed E-state index contributed by atoms with van der Waals surface area (Å²) in [7, 11) is 1.57. The van der Waals surface area contributed by atoms with E-state index in [0.717, 1.165) is 12.8 Å². The first-order chi connectivity index (χ1) is 11.7. The monoisotopic (exact) mass is 326 g/mol. The summed E-state index contributed by atoms with van der Waals surface area (Å²) < 4.78 is 0. The number of carbonyl (C=O) groups excluding carboxylic acids is 2. The van der Waals surface area contributed by atoms with E-state index >= 15 is 0 Å². The molecular weight excluding hydrogens is 300 g/mol. The zero-order valence-electron chi connectivity index (χ0n) is 14.3. The molecule has 0 aromatic heterocycles. The molecule has 1 aromatic carbocycles. The molecule has 0 saturated heterocycles. The van der Waals surface area contributed by atoms with E-state index < -0.39 is 5.91 Å². The lowest BCUT2D eigenvalue weighted by Gasteiger charge is -2.34. The number of carbonyl (C=O) groups is 2. The zero-order chi connectivity index (χ0) is 17.4. The third kappa shape index (κ3) is 4.86. The number of likely N-dealkylation sites (N-methyl/N-ethyl adjacent to an activating group) is 1. The second-order valence-corrected chi connectivity index (χ2v) is 6.42. The van der Waals surface area contributed by atoms with Crippen LogP contribution in [0, 0.1) is 18.3 Å². The van der Waals surface area contributed by atoms with Crippen molar-refractivity contribution in [3.63, 3.8) is 0 Å². The van der Waals surface area contributed by atoms with E-state index in [0.29, 0.717) is 12.5 Å². The van der Waals surface area contributed by atoms with Crippen LogP contribution in [0.2, 0.25) is 0 Å². The minimum atomic E-state index is -0.421. The van der Waals surface area contributed by atoms with Gasteiger partial charge in [-0.25, -0.2) is 0 Å². The Kier molecular flexibility index (Phi) is 6.87. The van der Waals surface area contributed by atoms with Crippen LogP contribution in [0.5, 0.6) is 0 Å². The van der Waals surface area contributed by atoms with Crippen LogP contribution in [0.1, 0.15) is 43.6 Å². The Balaban J connectivity index is 2.22. The molecule has 24 heavy (non-hydrogen) atoms. The molecule has 1 N–H and O–H groups in total. The molecule has 0 heterocycles. The maximum atomic E-state index is 12.1. The molecule has 2 rings (SSSR count). The van der Waals surface area contributed by atoms with Gasteiger partial charge in [0.1, 0.15) is 6.54 Å². The van der Waals surface area contributed by atoms with Crippen LogP contribution in [-0.4, -0.2) is 36.9 Å². The maximum absolute atomic E-state index is 12.1. The summed E-state index contributed by atoms with van der Waals surface area (Å²) in [6.07, 6.45) is 11.4. The lowest BCUT2D eigenvalue weighted by atomic mass is 9.76. The Morgan fingerprint density at radius 2 is 1.92 bits per heavy atom. The predicted octanol–water partition coefficient (Wildman–Crippen LogP) is 2.56. The van der Waals surface area contributed by atoms with Gasteiger partial charge in [0.15, 0.2) is 0 Å². The molecule has 1 aliphatic rings. The second kappa shape index (κ2) is 9.12. The predicted molar refractivity (Wildman–Crippen MR) is 95.2 cm³/mol. The second-order valence-electron chi connectivity index (χ2n) is 6.42. The molecule has 1 aromatic rings. The molecule has 0 aliphatic heterocycles. The Bertz CT molecular complexity index is 585. The van der Waals surface area contributed by atoms with E-state index in [9.17, 15) is 9.59 Å². The molecule has 0 spiro atoms. The summed E-state index contributed by atoms with van der Waals surface area (Å²) in [6, 6.07) is 10.3. The molecule has 1 atom stereocenters. The van der Waals surface area contributed by atoms with Crippen molar-refractivity contribution in [1.82, 2.24) is 10.2 Å². The fourth-order valence-corrected chi connectivity index (χ4v) is 3.56. The molecule has 0 bridgehead atoms. The van der Waals surface area contributed by atoms with Crippen molar-refractivity contribution in [1.29, 1.82) is 0 Å². The minimum absolute atomic E-state index is 0.00951. The Labute approximate surface area is 144 Å². The minimum Gasteiger partial charge on any atom is -0.358 e. The lowest BCUT2D eigenvalue weighted by molar-refractivity contribution is -0.132. The number of rotatable bonds is 6. The maximum Gasteiger partial charge on any atom is 0.298 e. The summed E-state index contributed by atoms with van der Waals surface area (Å²) >= 11 is 0. The molecule has 2 amide bonds. The van der Waals surface area contributed by atoms with Crippen molar-refractivity contribution in [2.75, 3.05) is 20.1 Å². The van der Waals surface area contributed by atoms with Gasteiger partial charge >= 0.3 is 0 Å². The van der Waals surface area contributed by atoms with Crippen molar-refractivity contribution < 1.29 is 9.59 Å². The van der Waals surface area contributed by atoms with Gasteiger partial charge in [-0.1, -0.05) is 49.6 Å². The van der Waals surface area contributed by atoms with Crippen molar-refractivity contribution in [2.45, 2.75) is 38.0 Å². The van der Waals surface area contributed by atoms with Gasteiger partial charge < -0.3 is 10.2 Å². The lowest BCUT2D eigenvalue weighted by Crippen LogP contribution is -2.42. The average molecular weight is 326 g/mol. The largest absolute Gasteiger partial charge is 0.358 e. The van der Waals surface area contributed by atoms with Crippen LogP contribution in [0.3, 0.4) is 0 Å². The van der Waals surface area contributed by atoms with Crippen LogP contribution in [0.25, 0.3) is 0 Å². The van der Waals surface area contributed by atoms with E-state index in [2.05, 4.69) is 23.4 Å². The van der Waals surface area contributed by atoms with E-state index in [1.165, 1.54) is 29.7 Å². The molecule has 4 heteroatoms. The van der Waals surface area contributed by atoms with Crippen LogP contribution >= 0.6 is 0 Å². The van der Waals surface area contributed by atoms with Gasteiger partial charge in [0.05, 0.1) is 0 Å². The van der Waals surface area contributed by atoms with Crippen LogP contribution < -0.4 is 5.32 Å². The average Bonchev–Trinajstić information content (AvgIpc) is 2.65. The number of nitrogens with one attached hydrogen (secondary N) is 1. The van der Waals surface area contributed by atoms with Crippen molar-refractivity contribution in [2.24, 2.45) is 5.92 Å². The molecular formula is C20H26N2O2. The van der Waals surface area contributed by atoms with Crippen LogP contribution in [0.4, 0.5) is 0 Å². The third-order valence-electron chi connectivity index (χ3n) is 4.89. The Morgan fingerprint density at radius 3 is 2.50 bits per heavy atom. The number of hydrogen-bond acceptors (Lipinski definition) is 2. The molecule has 1 fully saturated rings. The van der Waals surface area contributed by atoms with Crippen molar-refractivity contribution in [3.05, 3.63) is 35.9 Å². The summed E-state index contributed by atoms with van der Waals surface area (Å²) in [5.41, 5.74) is 1.22. The summed E-state index contributed by atoms with van der Waals surface area (Å²) in [4.78, 5) is 25.4. The topological polar surface area (TPSA) is 49.4 Å². The highest BCUT2D eigenvalue weighted by molar-refractivity contribution is 5.95. The summed E-state index contributed by atoms with van der Waals surface area (Å²) in [5.74, 6) is 2.28. The number of hydrogen-bond donors (Lipinski definition) is 1. The van der Waals surface area contributed by atoms with E-state index in [1.54, 1.807) is 7.05 Å². The highest BCUT2D eigenvalue weighted by atomic mass is 16.2. The van der Waals surface area contributed by atoms with Gasteiger partial charge in [0, 0.05) is 19.5 Å².